The van der Waals surface area contributed by atoms with Crippen LogP contribution >= 0.6 is 15.9 Å². The highest BCUT2D eigenvalue weighted by atomic mass is 79.9. The third-order valence-corrected chi connectivity index (χ3v) is 4.93. The van der Waals surface area contributed by atoms with E-state index in [1.807, 2.05) is 24.3 Å². The van der Waals surface area contributed by atoms with Crippen molar-refractivity contribution in [2.75, 3.05) is 13.1 Å². The van der Waals surface area contributed by atoms with Gasteiger partial charge in [0.15, 0.2) is 0 Å². The molecule has 0 bridgehead atoms. The van der Waals surface area contributed by atoms with Crippen LogP contribution in [0.5, 0.6) is 0 Å². The SMILES string of the molecule is O=C(Cc1ccc(Br)cc1)N(CC1CCCCN1)C1CC1. The van der Waals surface area contributed by atoms with E-state index in [1.54, 1.807) is 0 Å². The van der Waals surface area contributed by atoms with Crippen LogP contribution in [0.15, 0.2) is 28.7 Å². The van der Waals surface area contributed by atoms with Gasteiger partial charge in [-0.15, -0.1) is 0 Å². The van der Waals surface area contributed by atoms with Crippen LogP contribution in [0.2, 0.25) is 0 Å². The minimum absolute atomic E-state index is 0.284. The fraction of sp³-hybridized carbons (Fsp3) is 0.588. The van der Waals surface area contributed by atoms with E-state index in [2.05, 4.69) is 26.1 Å². The summed E-state index contributed by atoms with van der Waals surface area (Å²) >= 11 is 3.44. The van der Waals surface area contributed by atoms with Gasteiger partial charge in [0.05, 0.1) is 6.42 Å². The second-order valence-corrected chi connectivity index (χ2v) is 7.14. The van der Waals surface area contributed by atoms with Gasteiger partial charge in [0, 0.05) is 23.1 Å². The smallest absolute Gasteiger partial charge is 0.227 e. The normalized spacial score (nSPS) is 22.0. The molecule has 1 aromatic rings. The summed E-state index contributed by atoms with van der Waals surface area (Å²) in [5.41, 5.74) is 1.10. The molecule has 2 aliphatic rings. The van der Waals surface area contributed by atoms with Gasteiger partial charge in [-0.3, -0.25) is 4.79 Å². The van der Waals surface area contributed by atoms with Crippen molar-refractivity contribution in [2.24, 2.45) is 0 Å². The van der Waals surface area contributed by atoms with Gasteiger partial charge in [-0.1, -0.05) is 34.5 Å². The Morgan fingerprint density at radius 2 is 1.95 bits per heavy atom. The van der Waals surface area contributed by atoms with Gasteiger partial charge in [0.25, 0.3) is 0 Å². The molecule has 1 unspecified atom stereocenters. The summed E-state index contributed by atoms with van der Waals surface area (Å²) in [7, 11) is 0. The van der Waals surface area contributed by atoms with Crippen molar-refractivity contribution >= 4 is 21.8 Å². The first-order valence-corrected chi connectivity index (χ1v) is 8.79. The molecular formula is C17H23BrN2O. The molecule has 0 radical (unpaired) electrons. The topological polar surface area (TPSA) is 32.3 Å². The number of nitrogens with zero attached hydrogens (tertiary/aromatic N) is 1. The minimum atomic E-state index is 0.284. The van der Waals surface area contributed by atoms with E-state index in [0.29, 0.717) is 18.5 Å². The van der Waals surface area contributed by atoms with E-state index in [9.17, 15) is 4.79 Å². The first-order valence-electron chi connectivity index (χ1n) is 7.99. The number of hydrogen-bond donors (Lipinski definition) is 1. The van der Waals surface area contributed by atoms with Crippen LogP contribution in [0.4, 0.5) is 0 Å². The number of piperidine rings is 1. The first-order chi connectivity index (χ1) is 10.2. The highest BCUT2D eigenvalue weighted by Gasteiger charge is 2.34. The number of carbonyl (C=O) groups is 1. The van der Waals surface area contributed by atoms with Gasteiger partial charge < -0.3 is 10.2 Å². The number of benzene rings is 1. The van der Waals surface area contributed by atoms with E-state index >= 15 is 0 Å². The molecular weight excluding hydrogens is 328 g/mol. The number of halogens is 1. The molecule has 1 aliphatic heterocycles. The van der Waals surface area contributed by atoms with Gasteiger partial charge >= 0.3 is 0 Å². The predicted octanol–water partition coefficient (Wildman–Crippen LogP) is 3.12. The van der Waals surface area contributed by atoms with Gasteiger partial charge in [-0.25, -0.2) is 0 Å². The first kappa shape index (κ1) is 15.0. The second-order valence-electron chi connectivity index (χ2n) is 6.23. The zero-order valence-corrected chi connectivity index (χ0v) is 13.9. The Morgan fingerprint density at radius 1 is 1.19 bits per heavy atom. The van der Waals surface area contributed by atoms with Crippen molar-refractivity contribution in [1.82, 2.24) is 10.2 Å². The summed E-state index contributed by atoms with van der Waals surface area (Å²) in [6, 6.07) is 9.07. The Morgan fingerprint density at radius 3 is 2.57 bits per heavy atom. The minimum Gasteiger partial charge on any atom is -0.338 e. The molecule has 0 aromatic heterocycles. The number of rotatable bonds is 5. The molecule has 1 aromatic carbocycles. The molecule has 114 valence electrons. The maximum atomic E-state index is 12.6. The molecule has 1 saturated carbocycles. The lowest BCUT2D eigenvalue weighted by atomic mass is 10.0. The fourth-order valence-electron chi connectivity index (χ4n) is 3.04. The van der Waals surface area contributed by atoms with Crippen molar-refractivity contribution in [2.45, 2.75) is 50.6 Å². The molecule has 1 atom stereocenters. The van der Waals surface area contributed by atoms with Gasteiger partial charge in [-0.05, 0) is 49.9 Å². The van der Waals surface area contributed by atoms with Gasteiger partial charge in [0.2, 0.25) is 5.91 Å². The van der Waals surface area contributed by atoms with Crippen molar-refractivity contribution in [3.63, 3.8) is 0 Å². The van der Waals surface area contributed by atoms with Crippen molar-refractivity contribution in [3.8, 4) is 0 Å². The Hall–Kier alpha value is -0.870. The molecule has 21 heavy (non-hydrogen) atoms. The quantitative estimate of drug-likeness (QED) is 0.884. The van der Waals surface area contributed by atoms with E-state index in [1.165, 1.54) is 32.1 Å². The Bertz CT molecular complexity index is 478. The lowest BCUT2D eigenvalue weighted by Gasteiger charge is -2.31. The summed E-state index contributed by atoms with van der Waals surface area (Å²) in [4.78, 5) is 14.8. The fourth-order valence-corrected chi connectivity index (χ4v) is 3.30. The summed E-state index contributed by atoms with van der Waals surface area (Å²) in [6.45, 7) is 1.99. The molecule has 1 saturated heterocycles. The van der Waals surface area contributed by atoms with Crippen LogP contribution in [-0.2, 0) is 11.2 Å². The van der Waals surface area contributed by atoms with Crippen molar-refractivity contribution in [1.29, 1.82) is 0 Å². The number of amides is 1. The average Bonchev–Trinajstić information content (AvgIpc) is 3.33. The van der Waals surface area contributed by atoms with Crippen LogP contribution in [0, 0.1) is 0 Å². The molecule has 1 heterocycles. The Balaban J connectivity index is 1.60. The largest absolute Gasteiger partial charge is 0.338 e. The third kappa shape index (κ3) is 4.30. The summed E-state index contributed by atoms with van der Waals surface area (Å²) in [5, 5.41) is 3.56. The second kappa shape index (κ2) is 6.93. The maximum absolute atomic E-state index is 12.6. The Labute approximate surface area is 135 Å². The molecule has 3 rings (SSSR count). The van der Waals surface area contributed by atoms with E-state index in [0.717, 1.165) is 23.1 Å². The lowest BCUT2D eigenvalue weighted by molar-refractivity contribution is -0.131. The summed E-state index contributed by atoms with van der Waals surface area (Å²) < 4.78 is 1.06. The molecule has 2 fully saturated rings. The predicted molar refractivity (Wildman–Crippen MR) is 88.2 cm³/mol. The van der Waals surface area contributed by atoms with Crippen LogP contribution in [0.1, 0.15) is 37.7 Å². The molecule has 1 aliphatic carbocycles. The molecule has 1 N–H and O–H groups in total. The molecule has 1 amide bonds. The number of nitrogens with one attached hydrogen (secondary N) is 1. The highest BCUT2D eigenvalue weighted by molar-refractivity contribution is 9.10. The zero-order chi connectivity index (χ0) is 14.7. The van der Waals surface area contributed by atoms with Crippen LogP contribution < -0.4 is 5.32 Å². The van der Waals surface area contributed by atoms with Crippen molar-refractivity contribution < 1.29 is 4.79 Å². The lowest BCUT2D eigenvalue weighted by Crippen LogP contribution is -2.47. The molecule has 4 heteroatoms. The molecule has 3 nitrogen and oxygen atoms in total. The zero-order valence-electron chi connectivity index (χ0n) is 12.4. The number of carbonyl (C=O) groups excluding carboxylic acids is 1. The maximum Gasteiger partial charge on any atom is 0.227 e. The number of hydrogen-bond acceptors (Lipinski definition) is 2. The van der Waals surface area contributed by atoms with Crippen LogP contribution in [0.3, 0.4) is 0 Å². The third-order valence-electron chi connectivity index (χ3n) is 4.41. The van der Waals surface area contributed by atoms with Crippen molar-refractivity contribution in [3.05, 3.63) is 34.3 Å². The summed E-state index contributed by atoms with van der Waals surface area (Å²) in [5.74, 6) is 0.284. The summed E-state index contributed by atoms with van der Waals surface area (Å²) in [6.07, 6.45) is 6.65. The standard InChI is InChI=1S/C17H23BrN2O/c18-14-6-4-13(5-7-14)11-17(21)20(16-8-9-16)12-15-3-1-2-10-19-15/h4-7,15-16,19H,1-3,8-12H2. The van der Waals surface area contributed by atoms with Crippen LogP contribution in [0.25, 0.3) is 0 Å². The van der Waals surface area contributed by atoms with E-state index < -0.39 is 0 Å². The molecule has 0 spiro atoms. The average molecular weight is 351 g/mol. The van der Waals surface area contributed by atoms with Gasteiger partial charge in [-0.2, -0.15) is 0 Å². The van der Waals surface area contributed by atoms with Crippen LogP contribution in [-0.4, -0.2) is 36.0 Å². The monoisotopic (exact) mass is 350 g/mol. The Kier molecular flexibility index (Phi) is 4.96. The van der Waals surface area contributed by atoms with Gasteiger partial charge in [0.1, 0.15) is 0 Å². The van der Waals surface area contributed by atoms with E-state index in [-0.39, 0.29) is 5.91 Å². The highest BCUT2D eigenvalue weighted by Crippen LogP contribution is 2.28. The van der Waals surface area contributed by atoms with E-state index in [4.69, 9.17) is 0 Å².